The Morgan fingerprint density at radius 2 is 2.05 bits per heavy atom. The molecule has 0 atom stereocenters. The largest absolute Gasteiger partial charge is 0.496 e. The van der Waals surface area contributed by atoms with Gasteiger partial charge in [-0.25, -0.2) is 0 Å². The Hall–Kier alpha value is -1.62. The number of likely N-dealkylation sites (N-methyl/N-ethyl adjacent to an activating group) is 1. The lowest BCUT2D eigenvalue weighted by Gasteiger charge is -2.20. The van der Waals surface area contributed by atoms with E-state index in [0.29, 0.717) is 18.8 Å². The third-order valence-corrected chi connectivity index (χ3v) is 3.22. The molecule has 0 fully saturated rings. The quantitative estimate of drug-likeness (QED) is 0.454. The number of methoxy groups -OCH3 is 1. The zero-order chi connectivity index (χ0) is 15.3. The van der Waals surface area contributed by atoms with E-state index in [-0.39, 0.29) is 5.56 Å². The Morgan fingerprint density at radius 1 is 1.40 bits per heavy atom. The molecule has 4 nitrogen and oxygen atoms in total. The molecule has 0 heterocycles. The zero-order valence-corrected chi connectivity index (χ0v) is 13.5. The van der Waals surface area contributed by atoms with Crippen molar-refractivity contribution < 1.29 is 14.3 Å². The van der Waals surface area contributed by atoms with E-state index in [9.17, 15) is 9.59 Å². The van der Waals surface area contributed by atoms with Crippen molar-refractivity contribution in [1.82, 2.24) is 4.90 Å². The van der Waals surface area contributed by atoms with Crippen LogP contribution in [0, 0.1) is 0 Å². The van der Waals surface area contributed by atoms with Crippen LogP contribution in [0.2, 0.25) is 0 Å². The number of nitrogens with zero attached hydrogens (tertiary/aromatic N) is 1. The number of hydrogen-bond donors (Lipinski definition) is 0. The number of carbonyl (C=O) groups excluding carboxylic acids is 2. The van der Waals surface area contributed by atoms with Gasteiger partial charge >= 0.3 is 0 Å². The molecule has 0 aliphatic heterocycles. The van der Waals surface area contributed by atoms with E-state index in [1.807, 2.05) is 13.8 Å². The molecular weight excluding hydrogens is 322 g/mol. The maximum absolute atomic E-state index is 12.3. The van der Waals surface area contributed by atoms with Crippen molar-refractivity contribution in [1.29, 1.82) is 0 Å². The normalized spacial score (nSPS) is 10.0. The number of rotatable bonds is 6. The fourth-order valence-electron chi connectivity index (χ4n) is 1.77. The average Bonchev–Trinajstić information content (AvgIpc) is 2.42. The molecule has 1 aromatic carbocycles. The molecule has 0 aliphatic carbocycles. The molecule has 0 spiro atoms. The van der Waals surface area contributed by atoms with Crippen LogP contribution in [0.25, 0.3) is 0 Å². The molecule has 20 heavy (non-hydrogen) atoms. The fraction of sp³-hybridized carbons (Fsp3) is 0.333. The topological polar surface area (TPSA) is 46.6 Å². The summed E-state index contributed by atoms with van der Waals surface area (Å²) in [6.07, 6.45) is 0. The summed E-state index contributed by atoms with van der Waals surface area (Å²) in [5, 5.41) is 0. The Bertz CT molecular complexity index is 540. The molecule has 0 unspecified atom stereocenters. The van der Waals surface area contributed by atoms with Crippen molar-refractivity contribution >= 4 is 27.6 Å². The third-order valence-electron chi connectivity index (χ3n) is 2.73. The summed E-state index contributed by atoms with van der Waals surface area (Å²) in [5.41, 5.74) is 1.08. The van der Waals surface area contributed by atoms with Crippen LogP contribution in [0.4, 0.5) is 0 Å². The maximum atomic E-state index is 12.3. The lowest BCUT2D eigenvalue weighted by atomic mass is 10.1. The Labute approximate surface area is 127 Å². The number of Topliss-reactive ketones (excluding diaryl/α,β-unsaturated/α-hetero) is 1. The summed E-state index contributed by atoms with van der Waals surface area (Å²) in [6.45, 7) is 8.24. The van der Waals surface area contributed by atoms with Crippen LogP contribution in [0.3, 0.4) is 0 Å². The number of carbonyl (C=O) groups is 2. The van der Waals surface area contributed by atoms with Gasteiger partial charge in [0.25, 0.3) is 11.7 Å². The SMILES string of the molecule is C=C(C)CN(CC)C(=O)C(=O)c1cc(Br)ccc1OC. The second kappa shape index (κ2) is 7.24. The van der Waals surface area contributed by atoms with E-state index in [2.05, 4.69) is 22.5 Å². The van der Waals surface area contributed by atoms with Gasteiger partial charge in [0.05, 0.1) is 12.7 Å². The lowest BCUT2D eigenvalue weighted by molar-refractivity contribution is -0.125. The predicted octanol–water partition coefficient (Wildman–Crippen LogP) is 3.07. The highest BCUT2D eigenvalue weighted by Gasteiger charge is 2.25. The van der Waals surface area contributed by atoms with Crippen molar-refractivity contribution in [3.8, 4) is 5.75 Å². The van der Waals surface area contributed by atoms with E-state index in [4.69, 9.17) is 4.74 Å². The van der Waals surface area contributed by atoms with Crippen molar-refractivity contribution in [3.05, 3.63) is 40.4 Å². The van der Waals surface area contributed by atoms with Gasteiger partial charge in [-0.1, -0.05) is 28.1 Å². The van der Waals surface area contributed by atoms with Gasteiger partial charge in [0.2, 0.25) is 0 Å². The second-order valence-electron chi connectivity index (χ2n) is 4.45. The molecule has 1 rings (SSSR count). The van der Waals surface area contributed by atoms with Crippen LogP contribution in [-0.2, 0) is 4.79 Å². The highest BCUT2D eigenvalue weighted by Crippen LogP contribution is 2.24. The first-order valence-electron chi connectivity index (χ1n) is 6.22. The third kappa shape index (κ3) is 3.93. The Balaban J connectivity index is 3.07. The maximum Gasteiger partial charge on any atom is 0.295 e. The fourth-order valence-corrected chi connectivity index (χ4v) is 2.13. The summed E-state index contributed by atoms with van der Waals surface area (Å²) in [5.74, 6) is -0.740. The first-order valence-corrected chi connectivity index (χ1v) is 7.01. The lowest BCUT2D eigenvalue weighted by Crippen LogP contribution is -2.37. The van der Waals surface area contributed by atoms with Gasteiger partial charge < -0.3 is 9.64 Å². The molecule has 0 bridgehead atoms. The summed E-state index contributed by atoms with van der Waals surface area (Å²) >= 11 is 3.29. The van der Waals surface area contributed by atoms with Gasteiger partial charge in [-0.05, 0) is 32.0 Å². The van der Waals surface area contributed by atoms with Gasteiger partial charge in [-0.3, -0.25) is 9.59 Å². The molecule has 108 valence electrons. The van der Waals surface area contributed by atoms with Gasteiger partial charge in [0.1, 0.15) is 5.75 Å². The number of ketones is 1. The summed E-state index contributed by atoms with van der Waals surface area (Å²) in [6, 6.07) is 5.00. The molecule has 0 radical (unpaired) electrons. The highest BCUT2D eigenvalue weighted by atomic mass is 79.9. The standard InChI is InChI=1S/C15H18BrNO3/c1-5-17(9-10(2)3)15(19)14(18)12-8-11(16)6-7-13(12)20-4/h6-8H,2,5,9H2,1,3-4H3. The van der Waals surface area contributed by atoms with Crippen molar-refractivity contribution in [3.63, 3.8) is 0 Å². The second-order valence-corrected chi connectivity index (χ2v) is 5.37. The van der Waals surface area contributed by atoms with Gasteiger partial charge in [0, 0.05) is 17.6 Å². The van der Waals surface area contributed by atoms with Crippen LogP contribution in [0.1, 0.15) is 24.2 Å². The molecule has 1 amide bonds. The van der Waals surface area contributed by atoms with Crippen molar-refractivity contribution in [2.75, 3.05) is 20.2 Å². The van der Waals surface area contributed by atoms with Crippen LogP contribution < -0.4 is 4.74 Å². The van der Waals surface area contributed by atoms with E-state index in [1.165, 1.54) is 12.0 Å². The van der Waals surface area contributed by atoms with E-state index in [0.717, 1.165) is 10.0 Å². The summed E-state index contributed by atoms with van der Waals surface area (Å²) < 4.78 is 5.86. The van der Waals surface area contributed by atoms with Gasteiger partial charge in [-0.15, -0.1) is 0 Å². The van der Waals surface area contributed by atoms with Crippen LogP contribution in [0.5, 0.6) is 5.75 Å². The highest BCUT2D eigenvalue weighted by molar-refractivity contribution is 9.10. The molecule has 0 N–H and O–H groups in total. The van der Waals surface area contributed by atoms with Crippen LogP contribution in [0.15, 0.2) is 34.8 Å². The Kier molecular flexibility index (Phi) is 5.95. The molecule has 0 saturated carbocycles. The smallest absolute Gasteiger partial charge is 0.295 e. The van der Waals surface area contributed by atoms with E-state index in [1.54, 1.807) is 18.2 Å². The molecule has 0 aliphatic rings. The number of amides is 1. The van der Waals surface area contributed by atoms with Crippen LogP contribution in [-0.4, -0.2) is 36.8 Å². The van der Waals surface area contributed by atoms with Crippen LogP contribution >= 0.6 is 15.9 Å². The number of halogens is 1. The number of ether oxygens (including phenoxy) is 1. The number of hydrogen-bond acceptors (Lipinski definition) is 3. The molecule has 0 aromatic heterocycles. The minimum atomic E-state index is -0.578. The van der Waals surface area contributed by atoms with E-state index < -0.39 is 11.7 Å². The van der Waals surface area contributed by atoms with Crippen molar-refractivity contribution in [2.45, 2.75) is 13.8 Å². The summed E-state index contributed by atoms with van der Waals surface area (Å²) in [4.78, 5) is 26.1. The molecule has 5 heteroatoms. The molecule has 1 aromatic rings. The first-order chi connectivity index (χ1) is 9.40. The van der Waals surface area contributed by atoms with Crippen molar-refractivity contribution in [2.24, 2.45) is 0 Å². The zero-order valence-electron chi connectivity index (χ0n) is 11.9. The van der Waals surface area contributed by atoms with Gasteiger partial charge in [-0.2, -0.15) is 0 Å². The Morgan fingerprint density at radius 3 is 2.55 bits per heavy atom. The minimum absolute atomic E-state index is 0.257. The number of benzene rings is 1. The van der Waals surface area contributed by atoms with Gasteiger partial charge in [0.15, 0.2) is 0 Å². The average molecular weight is 340 g/mol. The molecular formula is C15H18BrNO3. The first kappa shape index (κ1) is 16.4. The van der Waals surface area contributed by atoms with E-state index >= 15 is 0 Å². The molecule has 0 saturated heterocycles. The predicted molar refractivity (Wildman–Crippen MR) is 82.1 cm³/mol. The summed E-state index contributed by atoms with van der Waals surface area (Å²) in [7, 11) is 1.47. The minimum Gasteiger partial charge on any atom is -0.496 e. The monoisotopic (exact) mass is 339 g/mol.